The smallest absolute Gasteiger partial charge is 0.344 e. The molecule has 0 amide bonds. The van der Waals surface area contributed by atoms with Crippen molar-refractivity contribution in [3.63, 3.8) is 0 Å². The number of nitrogens with zero attached hydrogens (tertiary/aromatic N) is 4. The topological polar surface area (TPSA) is 102 Å². The Morgan fingerprint density at radius 1 is 1.50 bits per heavy atom. The molecule has 0 atom stereocenters. The van der Waals surface area contributed by atoms with E-state index in [4.69, 9.17) is 5.73 Å². The van der Waals surface area contributed by atoms with Crippen LogP contribution in [0, 0.1) is 0 Å². The molecule has 7 nitrogen and oxygen atoms in total. The Morgan fingerprint density at radius 3 is 3.00 bits per heavy atom. The number of anilines is 1. The summed E-state index contributed by atoms with van der Waals surface area (Å²) in [6.45, 7) is 2.08. The highest BCUT2D eigenvalue weighted by Gasteiger charge is 2.29. The van der Waals surface area contributed by atoms with E-state index in [1.807, 2.05) is 0 Å². The maximum Gasteiger partial charge on any atom is 0.344 e. The van der Waals surface area contributed by atoms with Gasteiger partial charge in [0.1, 0.15) is 17.2 Å². The van der Waals surface area contributed by atoms with Gasteiger partial charge in [-0.15, -0.1) is 5.10 Å². The molecule has 1 fully saturated rings. The van der Waals surface area contributed by atoms with Gasteiger partial charge in [-0.2, -0.15) is 0 Å². The number of nitrogens with one attached hydrogen (secondary N) is 1. The molecule has 1 aliphatic carbocycles. The molecule has 8 heteroatoms. The van der Waals surface area contributed by atoms with Gasteiger partial charge in [0.2, 0.25) is 0 Å². The summed E-state index contributed by atoms with van der Waals surface area (Å²) in [5.41, 5.74) is 6.69. The molecule has 1 aliphatic rings. The van der Waals surface area contributed by atoms with Crippen LogP contribution >= 0.6 is 11.8 Å². The minimum atomic E-state index is -0.158. The summed E-state index contributed by atoms with van der Waals surface area (Å²) in [4.78, 5) is 20.1. The SMILES string of the molecule is CCCc1c(N)ncnc1Sc1n[nH]c(=O)n1C1CC1. The minimum absolute atomic E-state index is 0.158. The molecule has 0 spiro atoms. The van der Waals surface area contributed by atoms with Crippen LogP contribution in [0.3, 0.4) is 0 Å². The Morgan fingerprint density at radius 2 is 2.30 bits per heavy atom. The average Bonchev–Trinajstić information content (AvgIpc) is 3.19. The fourth-order valence-electron chi connectivity index (χ4n) is 2.09. The number of nitrogens with two attached hydrogens (primary N) is 1. The third-order valence-corrected chi connectivity index (χ3v) is 4.23. The van der Waals surface area contributed by atoms with Crippen molar-refractivity contribution in [3.05, 3.63) is 22.4 Å². The minimum Gasteiger partial charge on any atom is -0.383 e. The molecule has 2 aromatic rings. The summed E-state index contributed by atoms with van der Waals surface area (Å²) in [5.74, 6) is 0.500. The summed E-state index contributed by atoms with van der Waals surface area (Å²) in [5, 5.41) is 8.02. The molecule has 0 aromatic carbocycles. The Balaban J connectivity index is 1.95. The van der Waals surface area contributed by atoms with Crippen molar-refractivity contribution in [2.45, 2.75) is 48.8 Å². The van der Waals surface area contributed by atoms with Crippen LogP contribution in [0.4, 0.5) is 5.82 Å². The number of nitrogen functional groups attached to an aromatic ring is 1. The Labute approximate surface area is 120 Å². The zero-order valence-corrected chi connectivity index (χ0v) is 12.0. The van der Waals surface area contributed by atoms with Crippen LogP contribution in [0.15, 0.2) is 21.3 Å². The van der Waals surface area contributed by atoms with Crippen molar-refractivity contribution in [1.29, 1.82) is 0 Å². The lowest BCUT2D eigenvalue weighted by Crippen LogP contribution is -2.16. The summed E-state index contributed by atoms with van der Waals surface area (Å²) in [6.07, 6.45) is 5.28. The second kappa shape index (κ2) is 5.28. The number of rotatable bonds is 5. The molecule has 0 radical (unpaired) electrons. The fraction of sp³-hybridized carbons (Fsp3) is 0.500. The molecule has 0 saturated heterocycles. The molecule has 0 bridgehead atoms. The van der Waals surface area contributed by atoms with Crippen LogP contribution in [0.25, 0.3) is 0 Å². The molecule has 0 unspecified atom stereocenters. The van der Waals surface area contributed by atoms with Crippen molar-refractivity contribution in [3.8, 4) is 0 Å². The highest BCUT2D eigenvalue weighted by atomic mass is 32.2. The second-order valence-electron chi connectivity index (χ2n) is 4.81. The zero-order chi connectivity index (χ0) is 14.1. The maximum absolute atomic E-state index is 11.8. The van der Waals surface area contributed by atoms with Crippen molar-refractivity contribution in [2.24, 2.45) is 0 Å². The van der Waals surface area contributed by atoms with Gasteiger partial charge < -0.3 is 5.73 Å². The molecule has 2 aromatic heterocycles. The van der Waals surface area contributed by atoms with E-state index >= 15 is 0 Å². The lowest BCUT2D eigenvalue weighted by Gasteiger charge is -2.09. The van der Waals surface area contributed by atoms with Crippen molar-refractivity contribution < 1.29 is 0 Å². The average molecular weight is 292 g/mol. The van der Waals surface area contributed by atoms with Crippen molar-refractivity contribution in [1.82, 2.24) is 24.7 Å². The number of hydrogen-bond donors (Lipinski definition) is 2. The lowest BCUT2D eigenvalue weighted by molar-refractivity contribution is 0.641. The Bertz CT molecular complexity index is 675. The number of hydrogen-bond acceptors (Lipinski definition) is 6. The molecule has 106 valence electrons. The molecule has 20 heavy (non-hydrogen) atoms. The van der Waals surface area contributed by atoms with Crippen LogP contribution in [0.2, 0.25) is 0 Å². The number of H-pyrrole nitrogens is 1. The zero-order valence-electron chi connectivity index (χ0n) is 11.2. The monoisotopic (exact) mass is 292 g/mol. The van der Waals surface area contributed by atoms with E-state index in [-0.39, 0.29) is 11.7 Å². The van der Waals surface area contributed by atoms with E-state index in [0.717, 1.165) is 36.3 Å². The second-order valence-corrected chi connectivity index (χ2v) is 5.76. The maximum atomic E-state index is 11.8. The van der Waals surface area contributed by atoms with Gasteiger partial charge >= 0.3 is 5.69 Å². The van der Waals surface area contributed by atoms with Gasteiger partial charge in [0.05, 0.1) is 0 Å². The first-order valence-electron chi connectivity index (χ1n) is 6.64. The van der Waals surface area contributed by atoms with Gasteiger partial charge in [-0.1, -0.05) is 13.3 Å². The molecule has 1 saturated carbocycles. The molecule has 0 aliphatic heterocycles. The van der Waals surface area contributed by atoms with Gasteiger partial charge in [-0.25, -0.2) is 19.9 Å². The van der Waals surface area contributed by atoms with E-state index in [1.165, 1.54) is 18.1 Å². The summed E-state index contributed by atoms with van der Waals surface area (Å²) >= 11 is 1.37. The fourth-order valence-corrected chi connectivity index (χ4v) is 3.11. The summed E-state index contributed by atoms with van der Waals surface area (Å²) < 4.78 is 1.71. The van der Waals surface area contributed by atoms with Crippen molar-refractivity contribution in [2.75, 3.05) is 5.73 Å². The third-order valence-electron chi connectivity index (χ3n) is 3.21. The molecule has 3 rings (SSSR count). The highest BCUT2D eigenvalue weighted by Crippen LogP contribution is 2.38. The van der Waals surface area contributed by atoms with Gasteiger partial charge in [-0.3, -0.25) is 4.57 Å². The highest BCUT2D eigenvalue weighted by molar-refractivity contribution is 7.99. The number of aromatic amines is 1. The molecular formula is C12H16N6OS. The van der Waals surface area contributed by atoms with Gasteiger partial charge in [0.25, 0.3) is 0 Å². The van der Waals surface area contributed by atoms with E-state index in [9.17, 15) is 4.79 Å². The van der Waals surface area contributed by atoms with Gasteiger partial charge in [0.15, 0.2) is 5.16 Å². The largest absolute Gasteiger partial charge is 0.383 e. The van der Waals surface area contributed by atoms with E-state index in [1.54, 1.807) is 4.57 Å². The van der Waals surface area contributed by atoms with Crippen LogP contribution in [0.5, 0.6) is 0 Å². The van der Waals surface area contributed by atoms with Crippen LogP contribution < -0.4 is 11.4 Å². The van der Waals surface area contributed by atoms with Gasteiger partial charge in [-0.05, 0) is 31.0 Å². The molecule has 2 heterocycles. The van der Waals surface area contributed by atoms with Crippen molar-refractivity contribution >= 4 is 17.6 Å². The Kier molecular flexibility index (Phi) is 3.47. The first kappa shape index (κ1) is 13.2. The molecule has 3 N–H and O–H groups in total. The number of aromatic nitrogens is 5. The Hall–Kier alpha value is -1.83. The lowest BCUT2D eigenvalue weighted by atomic mass is 10.2. The van der Waals surface area contributed by atoms with E-state index in [0.29, 0.717) is 11.0 Å². The third kappa shape index (κ3) is 2.43. The van der Waals surface area contributed by atoms with Crippen LogP contribution in [-0.4, -0.2) is 24.7 Å². The predicted octanol–water partition coefficient (Wildman–Crippen LogP) is 1.38. The van der Waals surface area contributed by atoms with Crippen LogP contribution in [-0.2, 0) is 6.42 Å². The quantitative estimate of drug-likeness (QED) is 0.807. The standard InChI is InChI=1S/C12H16N6OS/c1-2-3-8-9(13)14-6-15-10(8)20-12-17-16-11(19)18(12)7-4-5-7/h6-7H,2-5H2,1H3,(H,16,19)(H2,13,14,15). The first-order chi connectivity index (χ1) is 9.70. The summed E-state index contributed by atoms with van der Waals surface area (Å²) in [6, 6.07) is 0.276. The van der Waals surface area contributed by atoms with Gasteiger partial charge in [0, 0.05) is 11.6 Å². The summed E-state index contributed by atoms with van der Waals surface area (Å²) in [7, 11) is 0. The van der Waals surface area contributed by atoms with Crippen LogP contribution in [0.1, 0.15) is 37.8 Å². The predicted molar refractivity (Wildman–Crippen MR) is 75.7 cm³/mol. The van der Waals surface area contributed by atoms with E-state index < -0.39 is 0 Å². The molecular weight excluding hydrogens is 276 g/mol. The first-order valence-corrected chi connectivity index (χ1v) is 7.46. The normalized spacial score (nSPS) is 14.7. The van der Waals surface area contributed by atoms with E-state index in [2.05, 4.69) is 27.1 Å².